The Morgan fingerprint density at radius 3 is 2.12 bits per heavy atom. The van der Waals surface area contributed by atoms with Gasteiger partial charge >= 0.3 is 5.97 Å². The van der Waals surface area contributed by atoms with Crippen LogP contribution in [0.3, 0.4) is 0 Å². The van der Waals surface area contributed by atoms with E-state index in [0.717, 1.165) is 0 Å². The first-order chi connectivity index (χ1) is 12.4. The smallest absolute Gasteiger partial charge is 0.340 e. The number of rotatable bonds is 5. The standard InChI is InChI=1S/C18H18N2O5S/c1-9-14(18(21)25-5)15(11(8-19)17(26)20-9)10-6-12(22-2)16(24-4)13(7-10)23-3/h6-7H,1-5H3,(H,20,26). The predicted molar refractivity (Wildman–Crippen MR) is 97.5 cm³/mol. The van der Waals surface area contributed by atoms with Crippen molar-refractivity contribution in [2.75, 3.05) is 28.4 Å². The molecule has 1 heterocycles. The van der Waals surface area contributed by atoms with Crippen LogP contribution in [0.5, 0.6) is 17.2 Å². The van der Waals surface area contributed by atoms with Gasteiger partial charge in [-0.2, -0.15) is 5.26 Å². The fraction of sp³-hybridized carbons (Fsp3) is 0.278. The molecule has 136 valence electrons. The van der Waals surface area contributed by atoms with E-state index in [4.69, 9.17) is 31.2 Å². The van der Waals surface area contributed by atoms with Gasteiger partial charge < -0.3 is 23.9 Å². The van der Waals surface area contributed by atoms with Crippen LogP contribution < -0.4 is 14.2 Å². The van der Waals surface area contributed by atoms with E-state index in [1.54, 1.807) is 19.1 Å². The van der Waals surface area contributed by atoms with Gasteiger partial charge in [0.1, 0.15) is 10.7 Å². The van der Waals surface area contributed by atoms with E-state index >= 15 is 0 Å². The van der Waals surface area contributed by atoms with E-state index in [0.29, 0.717) is 34.1 Å². The highest BCUT2D eigenvalue weighted by Crippen LogP contribution is 2.43. The number of pyridine rings is 1. The largest absolute Gasteiger partial charge is 0.493 e. The summed E-state index contributed by atoms with van der Waals surface area (Å²) in [7, 11) is 5.73. The fourth-order valence-electron chi connectivity index (χ4n) is 2.70. The Kier molecular flexibility index (Phi) is 5.85. The van der Waals surface area contributed by atoms with Gasteiger partial charge in [-0.15, -0.1) is 0 Å². The van der Waals surface area contributed by atoms with Crippen molar-refractivity contribution < 1.29 is 23.7 Å². The van der Waals surface area contributed by atoms with Crippen molar-refractivity contribution in [1.82, 2.24) is 4.98 Å². The molecular formula is C18H18N2O5S. The molecule has 0 saturated heterocycles. The summed E-state index contributed by atoms with van der Waals surface area (Å²) in [6.07, 6.45) is 0. The number of ether oxygens (including phenoxy) is 4. The number of hydrogen-bond acceptors (Lipinski definition) is 7. The molecule has 0 aliphatic rings. The number of esters is 1. The van der Waals surface area contributed by atoms with Crippen molar-refractivity contribution in [2.24, 2.45) is 0 Å². The van der Waals surface area contributed by atoms with Crippen LogP contribution in [0.25, 0.3) is 11.1 Å². The zero-order valence-corrected chi connectivity index (χ0v) is 15.9. The van der Waals surface area contributed by atoms with Gasteiger partial charge in [-0.1, -0.05) is 12.2 Å². The van der Waals surface area contributed by atoms with Gasteiger partial charge in [-0.05, 0) is 24.6 Å². The SMILES string of the molecule is COC(=O)c1c(C)[nH]c(=S)c(C#N)c1-c1cc(OC)c(OC)c(OC)c1. The molecule has 2 rings (SSSR count). The summed E-state index contributed by atoms with van der Waals surface area (Å²) in [5.41, 5.74) is 1.72. The summed E-state index contributed by atoms with van der Waals surface area (Å²) in [4.78, 5) is 15.2. The van der Waals surface area contributed by atoms with Crippen LogP contribution in [-0.2, 0) is 4.74 Å². The van der Waals surface area contributed by atoms with Crippen LogP contribution in [0, 0.1) is 22.9 Å². The Morgan fingerprint density at radius 1 is 1.12 bits per heavy atom. The number of nitrogens with zero attached hydrogens (tertiary/aromatic N) is 1. The zero-order valence-electron chi connectivity index (χ0n) is 15.1. The van der Waals surface area contributed by atoms with Gasteiger partial charge in [0.15, 0.2) is 11.5 Å². The number of nitrogens with one attached hydrogen (secondary N) is 1. The highest BCUT2D eigenvalue weighted by molar-refractivity contribution is 7.71. The Bertz CT molecular complexity index is 934. The number of H-pyrrole nitrogens is 1. The molecule has 0 aliphatic heterocycles. The third-order valence-electron chi connectivity index (χ3n) is 3.86. The fourth-order valence-corrected chi connectivity index (χ4v) is 3.00. The van der Waals surface area contributed by atoms with Crippen molar-refractivity contribution in [3.8, 4) is 34.4 Å². The number of aromatic nitrogens is 1. The highest BCUT2D eigenvalue weighted by atomic mass is 32.1. The minimum Gasteiger partial charge on any atom is -0.493 e. The molecule has 0 amide bonds. The normalized spacial score (nSPS) is 10.0. The summed E-state index contributed by atoms with van der Waals surface area (Å²) in [5.74, 6) is 0.583. The van der Waals surface area contributed by atoms with Crippen LogP contribution in [0.1, 0.15) is 21.6 Å². The summed E-state index contributed by atoms with van der Waals surface area (Å²) < 4.78 is 21.2. The molecule has 0 spiro atoms. The zero-order chi connectivity index (χ0) is 19.4. The van der Waals surface area contributed by atoms with Crippen molar-refractivity contribution in [3.05, 3.63) is 33.6 Å². The Balaban J connectivity index is 2.98. The van der Waals surface area contributed by atoms with Crippen LogP contribution >= 0.6 is 12.2 Å². The lowest BCUT2D eigenvalue weighted by atomic mass is 9.94. The molecule has 26 heavy (non-hydrogen) atoms. The van der Waals surface area contributed by atoms with Crippen molar-refractivity contribution in [2.45, 2.75) is 6.92 Å². The van der Waals surface area contributed by atoms with E-state index in [1.807, 2.05) is 0 Å². The molecule has 0 saturated carbocycles. The van der Waals surface area contributed by atoms with Gasteiger partial charge in [0.2, 0.25) is 5.75 Å². The monoisotopic (exact) mass is 374 g/mol. The molecule has 1 aromatic heterocycles. The molecule has 2 aromatic rings. The maximum absolute atomic E-state index is 12.4. The Hall–Kier alpha value is -3.05. The molecule has 0 unspecified atom stereocenters. The third kappa shape index (κ3) is 3.21. The lowest BCUT2D eigenvalue weighted by Crippen LogP contribution is -2.10. The predicted octanol–water partition coefficient (Wildman–Crippen LogP) is 3.40. The number of aromatic amines is 1. The number of benzene rings is 1. The first-order valence-corrected chi connectivity index (χ1v) is 7.89. The van der Waals surface area contributed by atoms with Crippen LogP contribution in [0.15, 0.2) is 12.1 Å². The van der Waals surface area contributed by atoms with Crippen LogP contribution in [0.2, 0.25) is 0 Å². The molecule has 1 aromatic carbocycles. The molecule has 0 bridgehead atoms. The number of hydrogen-bond donors (Lipinski definition) is 1. The van der Waals surface area contributed by atoms with E-state index in [9.17, 15) is 10.1 Å². The minimum absolute atomic E-state index is 0.153. The van der Waals surface area contributed by atoms with Gasteiger partial charge in [0, 0.05) is 11.3 Å². The maximum Gasteiger partial charge on any atom is 0.340 e. The van der Waals surface area contributed by atoms with Crippen LogP contribution in [0.4, 0.5) is 0 Å². The summed E-state index contributed by atoms with van der Waals surface area (Å²) in [5, 5.41) is 9.61. The third-order valence-corrected chi connectivity index (χ3v) is 4.16. The second-order valence-corrected chi connectivity index (χ2v) is 5.63. The second kappa shape index (κ2) is 7.89. The molecular weight excluding hydrogens is 356 g/mol. The molecule has 0 aliphatic carbocycles. The summed E-state index contributed by atoms with van der Waals surface area (Å²) in [6, 6.07) is 5.36. The molecule has 0 radical (unpaired) electrons. The lowest BCUT2D eigenvalue weighted by molar-refractivity contribution is 0.0600. The number of aryl methyl sites for hydroxylation is 1. The van der Waals surface area contributed by atoms with Crippen molar-refractivity contribution >= 4 is 18.2 Å². The van der Waals surface area contributed by atoms with E-state index in [-0.39, 0.29) is 15.8 Å². The number of carbonyl (C=O) groups excluding carboxylic acids is 1. The van der Waals surface area contributed by atoms with Crippen molar-refractivity contribution in [3.63, 3.8) is 0 Å². The van der Waals surface area contributed by atoms with Crippen LogP contribution in [-0.4, -0.2) is 39.4 Å². The van der Waals surface area contributed by atoms with E-state index in [1.165, 1.54) is 28.4 Å². The summed E-state index contributed by atoms with van der Waals surface area (Å²) in [6.45, 7) is 1.69. The van der Waals surface area contributed by atoms with Gasteiger partial charge in [0.25, 0.3) is 0 Å². The molecule has 1 N–H and O–H groups in total. The maximum atomic E-state index is 12.4. The number of carbonyl (C=O) groups is 1. The van der Waals surface area contributed by atoms with Crippen molar-refractivity contribution in [1.29, 1.82) is 5.26 Å². The molecule has 0 fully saturated rings. The molecule has 0 atom stereocenters. The van der Waals surface area contributed by atoms with Gasteiger partial charge in [-0.3, -0.25) is 0 Å². The van der Waals surface area contributed by atoms with E-state index < -0.39 is 5.97 Å². The number of methoxy groups -OCH3 is 4. The van der Waals surface area contributed by atoms with E-state index in [2.05, 4.69) is 11.1 Å². The average molecular weight is 374 g/mol. The Labute approximate surface area is 156 Å². The highest BCUT2D eigenvalue weighted by Gasteiger charge is 2.24. The Morgan fingerprint density at radius 2 is 1.69 bits per heavy atom. The second-order valence-electron chi connectivity index (χ2n) is 5.22. The van der Waals surface area contributed by atoms with Gasteiger partial charge in [0.05, 0.1) is 39.6 Å². The quantitative estimate of drug-likeness (QED) is 0.633. The lowest BCUT2D eigenvalue weighted by Gasteiger charge is -2.17. The molecule has 7 nitrogen and oxygen atoms in total. The van der Waals surface area contributed by atoms with Gasteiger partial charge in [-0.25, -0.2) is 4.79 Å². The summed E-state index contributed by atoms with van der Waals surface area (Å²) >= 11 is 5.26. The topological polar surface area (TPSA) is 93.6 Å². The average Bonchev–Trinajstić information content (AvgIpc) is 2.65. The first kappa shape index (κ1) is 19.3. The minimum atomic E-state index is -0.589. The molecule has 8 heteroatoms. The number of nitriles is 1. The first-order valence-electron chi connectivity index (χ1n) is 7.49.